The molecular weight excluding hydrogens is 416 g/mol. The molecule has 0 unspecified atom stereocenters. The van der Waals surface area contributed by atoms with Crippen LogP contribution >= 0.6 is 0 Å². The summed E-state index contributed by atoms with van der Waals surface area (Å²) >= 11 is 0. The van der Waals surface area contributed by atoms with Gasteiger partial charge in [0.25, 0.3) is 0 Å². The normalized spacial score (nSPS) is 10.8. The van der Waals surface area contributed by atoms with E-state index in [-0.39, 0.29) is 17.2 Å². The van der Waals surface area contributed by atoms with E-state index in [0.717, 1.165) is 36.2 Å². The highest BCUT2D eigenvalue weighted by Gasteiger charge is 2.18. The van der Waals surface area contributed by atoms with Crippen molar-refractivity contribution in [1.29, 1.82) is 0 Å². The predicted octanol–water partition coefficient (Wildman–Crippen LogP) is 4.66. The number of ketones is 1. The van der Waals surface area contributed by atoms with Crippen LogP contribution < -0.4 is 0 Å². The van der Waals surface area contributed by atoms with Crippen LogP contribution in [0.1, 0.15) is 57.7 Å². The number of carboxylic acids is 1. The lowest BCUT2D eigenvalue weighted by Crippen LogP contribution is -2.08. The van der Waals surface area contributed by atoms with Crippen molar-refractivity contribution in [2.75, 3.05) is 0 Å². The number of aryl methyl sites for hydroxylation is 1. The Balaban J connectivity index is 1.60. The van der Waals surface area contributed by atoms with Gasteiger partial charge in [0.15, 0.2) is 0 Å². The SMILES string of the molecule is CCCCc1nc(C(=O)c2ccccc2)nn1Cc1ccc(-c2ccncc2C(=O)O)cc1. The summed E-state index contributed by atoms with van der Waals surface area (Å²) in [7, 11) is 0. The Hall–Kier alpha value is -4.13. The Kier molecular flexibility index (Phi) is 6.69. The first-order valence-electron chi connectivity index (χ1n) is 10.9. The van der Waals surface area contributed by atoms with E-state index < -0.39 is 5.97 Å². The second-order valence-corrected chi connectivity index (χ2v) is 7.73. The van der Waals surface area contributed by atoms with Crippen molar-refractivity contribution in [3.8, 4) is 11.1 Å². The molecule has 0 saturated heterocycles. The number of pyridine rings is 1. The maximum atomic E-state index is 12.8. The fraction of sp³-hybridized carbons (Fsp3) is 0.192. The van der Waals surface area contributed by atoms with Crippen molar-refractivity contribution in [2.45, 2.75) is 32.7 Å². The molecule has 0 saturated carbocycles. The molecule has 0 bridgehead atoms. The predicted molar refractivity (Wildman–Crippen MR) is 124 cm³/mol. The summed E-state index contributed by atoms with van der Waals surface area (Å²) < 4.78 is 1.79. The lowest BCUT2D eigenvalue weighted by Gasteiger charge is -2.09. The molecule has 166 valence electrons. The maximum Gasteiger partial charge on any atom is 0.337 e. The van der Waals surface area contributed by atoms with Crippen LogP contribution in [0.25, 0.3) is 11.1 Å². The molecule has 2 heterocycles. The first-order chi connectivity index (χ1) is 16.1. The molecular formula is C26H24N4O3. The zero-order chi connectivity index (χ0) is 23.2. The van der Waals surface area contributed by atoms with Gasteiger partial charge in [-0.25, -0.2) is 14.5 Å². The Bertz CT molecular complexity index is 1260. The topological polar surface area (TPSA) is 98.0 Å². The number of unbranched alkanes of at least 4 members (excludes halogenated alkanes) is 1. The van der Waals surface area contributed by atoms with Gasteiger partial charge in [-0.1, -0.05) is 67.9 Å². The molecule has 0 atom stereocenters. The third-order valence-electron chi connectivity index (χ3n) is 5.39. The van der Waals surface area contributed by atoms with E-state index in [0.29, 0.717) is 17.7 Å². The molecule has 4 rings (SSSR count). The summed E-state index contributed by atoms with van der Waals surface area (Å²) in [4.78, 5) is 32.8. The Morgan fingerprint density at radius 2 is 1.76 bits per heavy atom. The molecule has 0 spiro atoms. The second-order valence-electron chi connectivity index (χ2n) is 7.73. The van der Waals surface area contributed by atoms with Crippen LogP contribution in [-0.2, 0) is 13.0 Å². The number of hydrogen-bond acceptors (Lipinski definition) is 5. The summed E-state index contributed by atoms with van der Waals surface area (Å²) in [5.74, 6) is -0.225. The van der Waals surface area contributed by atoms with Crippen LogP contribution in [-0.4, -0.2) is 36.6 Å². The molecule has 0 aliphatic heterocycles. The fourth-order valence-electron chi connectivity index (χ4n) is 3.61. The summed E-state index contributed by atoms with van der Waals surface area (Å²) in [6, 6.07) is 18.4. The van der Waals surface area contributed by atoms with Crippen molar-refractivity contribution in [2.24, 2.45) is 0 Å². The number of hydrogen-bond donors (Lipinski definition) is 1. The van der Waals surface area contributed by atoms with Gasteiger partial charge in [-0.2, -0.15) is 0 Å². The molecule has 0 radical (unpaired) electrons. The Morgan fingerprint density at radius 3 is 2.45 bits per heavy atom. The molecule has 2 aromatic heterocycles. The Morgan fingerprint density at radius 1 is 1.00 bits per heavy atom. The quantitative estimate of drug-likeness (QED) is 0.380. The second kappa shape index (κ2) is 9.99. The highest BCUT2D eigenvalue weighted by Crippen LogP contribution is 2.24. The van der Waals surface area contributed by atoms with E-state index in [4.69, 9.17) is 0 Å². The van der Waals surface area contributed by atoms with Gasteiger partial charge < -0.3 is 5.11 Å². The number of benzene rings is 2. The van der Waals surface area contributed by atoms with Crippen molar-refractivity contribution < 1.29 is 14.7 Å². The zero-order valence-corrected chi connectivity index (χ0v) is 18.3. The van der Waals surface area contributed by atoms with Crippen molar-refractivity contribution >= 4 is 11.8 Å². The van der Waals surface area contributed by atoms with Crippen molar-refractivity contribution in [3.63, 3.8) is 0 Å². The standard InChI is InChI=1S/C26H24N4O3/c1-2-3-9-23-28-25(24(31)20-7-5-4-6-8-20)29-30(23)17-18-10-12-19(13-11-18)21-14-15-27-16-22(21)26(32)33/h4-8,10-16H,2-3,9,17H2,1H3,(H,32,33). The monoisotopic (exact) mass is 440 g/mol. The number of carboxylic acid groups (broad SMARTS) is 1. The Labute approximate surface area is 191 Å². The minimum Gasteiger partial charge on any atom is -0.478 e. The number of carbonyl (C=O) groups excluding carboxylic acids is 1. The lowest BCUT2D eigenvalue weighted by atomic mass is 10.0. The van der Waals surface area contributed by atoms with Crippen LogP contribution in [0.2, 0.25) is 0 Å². The van der Waals surface area contributed by atoms with Crippen LogP contribution in [0.4, 0.5) is 0 Å². The molecule has 33 heavy (non-hydrogen) atoms. The van der Waals surface area contributed by atoms with Gasteiger partial charge in [-0.15, -0.1) is 5.10 Å². The van der Waals surface area contributed by atoms with Gasteiger partial charge in [-0.3, -0.25) is 9.78 Å². The molecule has 7 heteroatoms. The highest BCUT2D eigenvalue weighted by atomic mass is 16.4. The molecule has 0 aliphatic rings. The van der Waals surface area contributed by atoms with Crippen LogP contribution in [0.15, 0.2) is 73.1 Å². The summed E-state index contributed by atoms with van der Waals surface area (Å²) in [6.45, 7) is 2.58. The number of nitrogens with zero attached hydrogens (tertiary/aromatic N) is 4. The number of rotatable bonds is 9. The molecule has 0 aliphatic carbocycles. The molecule has 2 aromatic carbocycles. The summed E-state index contributed by atoms with van der Waals surface area (Å²) in [5.41, 5.74) is 3.11. The number of aromatic carboxylic acids is 1. The lowest BCUT2D eigenvalue weighted by molar-refractivity contribution is 0.0697. The van der Waals surface area contributed by atoms with Gasteiger partial charge in [0.1, 0.15) is 5.82 Å². The largest absolute Gasteiger partial charge is 0.478 e. The van der Waals surface area contributed by atoms with Gasteiger partial charge in [-0.05, 0) is 29.2 Å². The number of carbonyl (C=O) groups is 2. The van der Waals surface area contributed by atoms with Gasteiger partial charge in [0.05, 0.1) is 12.1 Å². The fourth-order valence-corrected chi connectivity index (χ4v) is 3.61. The van der Waals surface area contributed by atoms with Gasteiger partial charge >= 0.3 is 5.97 Å². The van der Waals surface area contributed by atoms with Crippen LogP contribution in [0, 0.1) is 0 Å². The van der Waals surface area contributed by atoms with Crippen LogP contribution in [0.3, 0.4) is 0 Å². The zero-order valence-electron chi connectivity index (χ0n) is 18.3. The third-order valence-corrected chi connectivity index (χ3v) is 5.39. The van der Waals surface area contributed by atoms with Crippen molar-refractivity contribution in [1.82, 2.24) is 19.7 Å². The van der Waals surface area contributed by atoms with E-state index in [1.54, 1.807) is 29.1 Å². The molecule has 4 aromatic rings. The molecule has 7 nitrogen and oxygen atoms in total. The van der Waals surface area contributed by atoms with Gasteiger partial charge in [0.2, 0.25) is 11.6 Å². The molecule has 0 amide bonds. The third kappa shape index (κ3) is 5.03. The first kappa shape index (κ1) is 22.1. The van der Waals surface area contributed by atoms with Crippen molar-refractivity contribution in [3.05, 3.63) is 101 Å². The average Bonchev–Trinajstić information content (AvgIpc) is 3.25. The smallest absolute Gasteiger partial charge is 0.337 e. The highest BCUT2D eigenvalue weighted by molar-refractivity contribution is 6.06. The van der Waals surface area contributed by atoms with E-state index >= 15 is 0 Å². The maximum absolute atomic E-state index is 12.8. The van der Waals surface area contributed by atoms with Crippen LogP contribution in [0.5, 0.6) is 0 Å². The minimum absolute atomic E-state index is 0.160. The van der Waals surface area contributed by atoms with E-state index in [9.17, 15) is 14.7 Å². The number of aromatic nitrogens is 4. The van der Waals surface area contributed by atoms with E-state index in [1.165, 1.54) is 6.20 Å². The summed E-state index contributed by atoms with van der Waals surface area (Å²) in [5, 5.41) is 13.9. The van der Waals surface area contributed by atoms with E-state index in [1.807, 2.05) is 42.5 Å². The van der Waals surface area contributed by atoms with E-state index in [2.05, 4.69) is 22.0 Å². The molecule has 1 N–H and O–H groups in total. The minimum atomic E-state index is -1.01. The molecule has 0 fully saturated rings. The first-order valence-corrected chi connectivity index (χ1v) is 10.9. The van der Waals surface area contributed by atoms with Gasteiger partial charge in [0, 0.05) is 24.4 Å². The summed E-state index contributed by atoms with van der Waals surface area (Å²) in [6.07, 6.45) is 5.64. The average molecular weight is 441 g/mol.